The van der Waals surface area contributed by atoms with Crippen LogP contribution in [0.1, 0.15) is 50.9 Å². The van der Waals surface area contributed by atoms with Gasteiger partial charge in [0.05, 0.1) is 12.0 Å². The van der Waals surface area contributed by atoms with Crippen molar-refractivity contribution in [3.8, 4) is 11.8 Å². The van der Waals surface area contributed by atoms with Gasteiger partial charge in [-0.25, -0.2) is 9.40 Å². The Labute approximate surface area is 130 Å². The molecular formula is C17H21FN2O2. The van der Waals surface area contributed by atoms with Gasteiger partial charge in [0.15, 0.2) is 0 Å². The van der Waals surface area contributed by atoms with Crippen LogP contribution in [0, 0.1) is 17.7 Å². The molecule has 0 unspecified atom stereocenters. The van der Waals surface area contributed by atoms with Crippen LogP contribution in [0.25, 0.3) is 0 Å². The third kappa shape index (κ3) is 5.21. The van der Waals surface area contributed by atoms with Crippen molar-refractivity contribution in [2.75, 3.05) is 0 Å². The molecule has 0 saturated carbocycles. The number of hydrogen-bond donors (Lipinski definition) is 1. The first kappa shape index (κ1) is 17.7. The summed E-state index contributed by atoms with van der Waals surface area (Å²) in [6, 6.07) is 5.31. The van der Waals surface area contributed by atoms with Crippen LogP contribution in [-0.2, 0) is 4.79 Å². The van der Waals surface area contributed by atoms with Gasteiger partial charge in [-0.15, -0.1) is 5.92 Å². The van der Waals surface area contributed by atoms with Gasteiger partial charge in [0.2, 0.25) is 0 Å². The quantitative estimate of drug-likeness (QED) is 0.674. The van der Waals surface area contributed by atoms with Crippen LogP contribution in [0.5, 0.6) is 0 Å². The van der Waals surface area contributed by atoms with E-state index in [2.05, 4.69) is 17.3 Å². The van der Waals surface area contributed by atoms with Crippen LogP contribution < -0.4 is 5.43 Å². The Kier molecular flexibility index (Phi) is 6.11. The van der Waals surface area contributed by atoms with E-state index in [-0.39, 0.29) is 17.9 Å². The molecule has 1 aromatic carbocycles. The molecule has 0 aliphatic heterocycles. The predicted octanol–water partition coefficient (Wildman–Crippen LogP) is 2.90. The van der Waals surface area contributed by atoms with Gasteiger partial charge in [-0.1, -0.05) is 18.9 Å². The van der Waals surface area contributed by atoms with Crippen molar-refractivity contribution in [1.82, 2.24) is 10.4 Å². The lowest BCUT2D eigenvalue weighted by Crippen LogP contribution is -2.55. The number of halogens is 1. The summed E-state index contributed by atoms with van der Waals surface area (Å²) in [6.45, 7) is 7.28. The normalized spacial score (nSPS) is 10.4. The van der Waals surface area contributed by atoms with Gasteiger partial charge in [-0.3, -0.25) is 15.0 Å². The minimum atomic E-state index is -0.617. The van der Waals surface area contributed by atoms with Crippen LogP contribution in [0.3, 0.4) is 0 Å². The molecule has 1 rings (SSSR count). The molecule has 0 fully saturated rings. The first-order valence-corrected chi connectivity index (χ1v) is 7.11. The molecule has 0 aromatic heterocycles. The maximum atomic E-state index is 13.2. The lowest BCUT2D eigenvalue weighted by Gasteiger charge is -2.35. The number of carbonyl (C=O) groups excluding carboxylic acids is 2. The van der Waals surface area contributed by atoms with Crippen molar-refractivity contribution >= 4 is 11.8 Å². The number of hydrazine groups is 1. The number of nitrogens with one attached hydrogen (secondary N) is 1. The first-order chi connectivity index (χ1) is 10.3. The Balaban J connectivity index is 2.90. The molecule has 0 bridgehead atoms. The average Bonchev–Trinajstić information content (AvgIpc) is 2.43. The Bertz CT molecular complexity index is 609. The molecule has 118 valence electrons. The van der Waals surface area contributed by atoms with Gasteiger partial charge in [0.25, 0.3) is 11.8 Å². The van der Waals surface area contributed by atoms with E-state index in [1.807, 2.05) is 6.92 Å². The van der Waals surface area contributed by atoms with E-state index in [0.717, 1.165) is 6.07 Å². The summed E-state index contributed by atoms with van der Waals surface area (Å²) in [7, 11) is 0. The molecule has 0 radical (unpaired) electrons. The molecule has 0 heterocycles. The molecule has 1 N–H and O–H groups in total. The van der Waals surface area contributed by atoms with Crippen LogP contribution >= 0.6 is 0 Å². The lowest BCUT2D eigenvalue weighted by atomic mass is 10.1. The highest BCUT2D eigenvalue weighted by Crippen LogP contribution is 2.13. The van der Waals surface area contributed by atoms with Crippen molar-refractivity contribution < 1.29 is 14.0 Å². The van der Waals surface area contributed by atoms with Crippen molar-refractivity contribution in [2.45, 2.75) is 46.1 Å². The number of rotatable bonds is 2. The van der Waals surface area contributed by atoms with Gasteiger partial charge in [0, 0.05) is 12.0 Å². The van der Waals surface area contributed by atoms with Gasteiger partial charge >= 0.3 is 0 Å². The van der Waals surface area contributed by atoms with Crippen LogP contribution in [-0.4, -0.2) is 22.4 Å². The second-order valence-corrected chi connectivity index (χ2v) is 5.74. The average molecular weight is 304 g/mol. The van der Waals surface area contributed by atoms with Crippen molar-refractivity contribution in [2.24, 2.45) is 0 Å². The summed E-state index contributed by atoms with van der Waals surface area (Å²) < 4.78 is 13.2. The van der Waals surface area contributed by atoms with Crippen LogP contribution in [0.4, 0.5) is 4.39 Å². The fourth-order valence-electron chi connectivity index (χ4n) is 1.74. The van der Waals surface area contributed by atoms with Gasteiger partial charge in [-0.05, 0) is 39.0 Å². The van der Waals surface area contributed by atoms with Crippen LogP contribution in [0.15, 0.2) is 24.3 Å². The minimum Gasteiger partial charge on any atom is -0.272 e. The Morgan fingerprint density at radius 3 is 2.50 bits per heavy atom. The number of amides is 2. The SMILES string of the molecule is CCC#CCC(=O)N(NC(=O)c1cccc(F)c1)C(C)(C)C. The van der Waals surface area contributed by atoms with Gasteiger partial charge in [0.1, 0.15) is 5.82 Å². The summed E-state index contributed by atoms with van der Waals surface area (Å²) in [4.78, 5) is 24.4. The summed E-state index contributed by atoms with van der Waals surface area (Å²) in [6.07, 6.45) is 0.687. The van der Waals surface area contributed by atoms with E-state index in [1.165, 1.54) is 23.2 Å². The highest BCUT2D eigenvalue weighted by molar-refractivity contribution is 5.95. The Hall–Kier alpha value is -2.35. The molecular weight excluding hydrogens is 283 g/mol. The number of carbonyl (C=O) groups is 2. The standard InChI is InChI=1S/C17H21FN2O2/c1-5-6-7-11-15(21)20(17(2,3)4)19-16(22)13-9-8-10-14(18)12-13/h8-10,12H,5,11H2,1-4H3,(H,19,22). The van der Waals surface area contributed by atoms with E-state index in [9.17, 15) is 14.0 Å². The molecule has 0 aliphatic rings. The van der Waals surface area contributed by atoms with E-state index in [4.69, 9.17) is 0 Å². The fraction of sp³-hybridized carbons (Fsp3) is 0.412. The van der Waals surface area contributed by atoms with Crippen molar-refractivity contribution in [1.29, 1.82) is 0 Å². The van der Waals surface area contributed by atoms with E-state index in [0.29, 0.717) is 6.42 Å². The maximum Gasteiger partial charge on any atom is 0.269 e. The smallest absolute Gasteiger partial charge is 0.269 e. The highest BCUT2D eigenvalue weighted by atomic mass is 19.1. The largest absolute Gasteiger partial charge is 0.272 e. The number of nitrogens with zero attached hydrogens (tertiary/aromatic N) is 1. The maximum absolute atomic E-state index is 13.2. The molecule has 4 nitrogen and oxygen atoms in total. The van der Waals surface area contributed by atoms with E-state index < -0.39 is 17.3 Å². The van der Waals surface area contributed by atoms with Crippen LogP contribution in [0.2, 0.25) is 0 Å². The second-order valence-electron chi connectivity index (χ2n) is 5.74. The molecule has 1 aromatic rings. The first-order valence-electron chi connectivity index (χ1n) is 7.11. The third-order valence-electron chi connectivity index (χ3n) is 2.76. The fourth-order valence-corrected chi connectivity index (χ4v) is 1.74. The molecule has 0 saturated heterocycles. The highest BCUT2D eigenvalue weighted by Gasteiger charge is 2.28. The molecule has 0 spiro atoms. The summed E-state index contributed by atoms with van der Waals surface area (Å²) in [5.74, 6) is 4.23. The second kappa shape index (κ2) is 7.60. The van der Waals surface area contributed by atoms with Crippen molar-refractivity contribution in [3.63, 3.8) is 0 Å². The molecule has 22 heavy (non-hydrogen) atoms. The molecule has 2 amide bonds. The summed E-state index contributed by atoms with van der Waals surface area (Å²) in [5.41, 5.74) is 2.07. The zero-order chi connectivity index (χ0) is 16.8. The third-order valence-corrected chi connectivity index (χ3v) is 2.76. The molecule has 0 aliphatic carbocycles. The zero-order valence-corrected chi connectivity index (χ0v) is 13.4. The monoisotopic (exact) mass is 304 g/mol. The Morgan fingerprint density at radius 1 is 1.27 bits per heavy atom. The van der Waals surface area contributed by atoms with Gasteiger partial charge in [-0.2, -0.15) is 0 Å². The predicted molar refractivity (Wildman–Crippen MR) is 83.1 cm³/mol. The molecule has 5 heteroatoms. The summed E-state index contributed by atoms with van der Waals surface area (Å²) >= 11 is 0. The number of benzene rings is 1. The zero-order valence-electron chi connectivity index (χ0n) is 13.4. The lowest BCUT2D eigenvalue weighted by molar-refractivity contribution is -0.138. The van der Waals surface area contributed by atoms with Gasteiger partial charge < -0.3 is 0 Å². The van der Waals surface area contributed by atoms with E-state index in [1.54, 1.807) is 20.8 Å². The molecule has 0 atom stereocenters. The topological polar surface area (TPSA) is 49.4 Å². The Morgan fingerprint density at radius 2 is 1.95 bits per heavy atom. The minimum absolute atomic E-state index is 0.0224. The number of hydrogen-bond acceptors (Lipinski definition) is 2. The van der Waals surface area contributed by atoms with Crippen molar-refractivity contribution in [3.05, 3.63) is 35.6 Å². The summed E-state index contributed by atoms with van der Waals surface area (Å²) in [5, 5.41) is 1.24. The van der Waals surface area contributed by atoms with E-state index >= 15 is 0 Å².